The normalized spacial score (nSPS) is 17.6. The molecule has 0 aromatic carbocycles. The minimum absolute atomic E-state index is 0.132. The number of amides is 1. The molecule has 0 spiro atoms. The lowest BCUT2D eigenvalue weighted by Gasteiger charge is -2.40. The lowest BCUT2D eigenvalue weighted by atomic mass is 9.99. The topological polar surface area (TPSA) is 149 Å². The molecule has 0 aromatic heterocycles. The van der Waals surface area contributed by atoms with Gasteiger partial charge in [0.25, 0.3) is 0 Å². The first-order valence-electron chi connectivity index (χ1n) is 42.7. The van der Waals surface area contributed by atoms with Gasteiger partial charge in [-0.2, -0.15) is 0 Å². The van der Waals surface area contributed by atoms with E-state index in [1.54, 1.807) is 0 Å². The molecule has 95 heavy (non-hydrogen) atoms. The van der Waals surface area contributed by atoms with Crippen LogP contribution in [0, 0.1) is 0 Å². The number of rotatable bonds is 77. The summed E-state index contributed by atoms with van der Waals surface area (Å²) in [4.78, 5) is 13.2. The number of allylic oxidation sites excluding steroid dienone is 6. The van der Waals surface area contributed by atoms with Crippen molar-refractivity contribution in [3.8, 4) is 0 Å². The Kier molecular flexibility index (Phi) is 72.3. The Balaban J connectivity index is 2.01. The number of nitrogens with one attached hydrogen (secondary N) is 1. The first-order valence-corrected chi connectivity index (χ1v) is 42.7. The number of hydrogen-bond donors (Lipinski definition) is 6. The van der Waals surface area contributed by atoms with Crippen LogP contribution in [0.15, 0.2) is 36.5 Å². The Morgan fingerprint density at radius 2 is 0.621 bits per heavy atom. The maximum absolute atomic E-state index is 13.2. The molecule has 9 nitrogen and oxygen atoms in total. The van der Waals surface area contributed by atoms with E-state index in [4.69, 9.17) is 9.47 Å². The largest absolute Gasteiger partial charge is 0.394 e. The average Bonchev–Trinajstić information content (AvgIpc) is 0.836. The fourth-order valence-electron chi connectivity index (χ4n) is 14.1. The van der Waals surface area contributed by atoms with Crippen LogP contribution >= 0.6 is 0 Å². The zero-order chi connectivity index (χ0) is 68.5. The van der Waals surface area contributed by atoms with Crippen LogP contribution in [-0.4, -0.2) is 87.5 Å². The van der Waals surface area contributed by atoms with Gasteiger partial charge in [-0.25, -0.2) is 0 Å². The second kappa shape index (κ2) is 75.1. The van der Waals surface area contributed by atoms with Crippen molar-refractivity contribution in [2.45, 2.75) is 493 Å². The predicted octanol–water partition coefficient (Wildman–Crippen LogP) is 24.9. The highest BCUT2D eigenvalue weighted by molar-refractivity contribution is 5.76. The van der Waals surface area contributed by atoms with Crippen LogP contribution < -0.4 is 5.32 Å². The molecule has 0 aromatic rings. The van der Waals surface area contributed by atoms with Gasteiger partial charge in [0.15, 0.2) is 6.29 Å². The van der Waals surface area contributed by atoms with E-state index in [1.807, 2.05) is 0 Å². The molecule has 0 radical (unpaired) electrons. The van der Waals surface area contributed by atoms with Gasteiger partial charge in [0.2, 0.25) is 5.91 Å². The Morgan fingerprint density at radius 3 is 0.916 bits per heavy atom. The van der Waals surface area contributed by atoms with E-state index >= 15 is 0 Å². The van der Waals surface area contributed by atoms with Crippen LogP contribution in [0.3, 0.4) is 0 Å². The molecule has 0 bridgehead atoms. The van der Waals surface area contributed by atoms with E-state index in [9.17, 15) is 30.3 Å². The van der Waals surface area contributed by atoms with Gasteiger partial charge in [-0.3, -0.25) is 4.79 Å². The van der Waals surface area contributed by atoms with E-state index in [0.29, 0.717) is 12.8 Å². The third kappa shape index (κ3) is 63.1. The second-order valence-corrected chi connectivity index (χ2v) is 30.0. The Hall–Kier alpha value is -1.59. The molecule has 1 rings (SSSR count). The van der Waals surface area contributed by atoms with Crippen LogP contribution in [0.4, 0.5) is 0 Å². The van der Waals surface area contributed by atoms with E-state index < -0.39 is 49.5 Å². The monoisotopic (exact) mass is 1340 g/mol. The number of unbranched alkanes of at least 4 members (excludes halogenated alkanes) is 61. The third-order valence-corrected chi connectivity index (χ3v) is 20.7. The molecule has 562 valence electrons. The number of aliphatic hydroxyl groups excluding tert-OH is 5. The summed E-state index contributed by atoms with van der Waals surface area (Å²) in [5.41, 5.74) is 0. The molecule has 1 fully saturated rings. The number of carbonyl (C=O) groups is 1. The molecule has 7 atom stereocenters. The van der Waals surface area contributed by atoms with E-state index in [1.165, 1.54) is 372 Å². The Labute approximate surface area is 591 Å². The maximum atomic E-state index is 13.2. The van der Waals surface area contributed by atoms with Gasteiger partial charge >= 0.3 is 0 Å². The standard InChI is InChI=1S/C86H165NO8/c1-3-5-7-9-11-13-15-17-19-21-23-25-27-29-31-33-35-36-37-38-39-40-41-42-43-44-46-48-50-52-54-56-58-60-62-64-66-68-70-72-74-76-82(90)87-79(78-94-86-85(93)84(92)83(91)81(77-88)95-86)80(89)75-73-71-69-67-65-63-61-59-57-55-53-51-49-47-45-34-32-30-28-26-24-22-20-18-16-14-12-10-8-6-4-2/h15,17,21,23,27,29,79-81,83-86,88-89,91-93H,3-14,16,18-20,22,24-26,28,30-78H2,1-2H3,(H,87,90)/b17-15-,23-21-,29-27-. The van der Waals surface area contributed by atoms with Crippen LogP contribution in [0.1, 0.15) is 450 Å². The van der Waals surface area contributed by atoms with Crippen LogP contribution in [0.2, 0.25) is 0 Å². The fraction of sp³-hybridized carbons (Fsp3) is 0.919. The molecule has 1 heterocycles. The van der Waals surface area contributed by atoms with Gasteiger partial charge in [0, 0.05) is 6.42 Å². The minimum Gasteiger partial charge on any atom is -0.394 e. The van der Waals surface area contributed by atoms with Crippen molar-refractivity contribution < 1.29 is 39.8 Å². The predicted molar refractivity (Wildman–Crippen MR) is 410 cm³/mol. The fourth-order valence-corrected chi connectivity index (χ4v) is 14.1. The van der Waals surface area contributed by atoms with Crippen molar-refractivity contribution in [2.75, 3.05) is 13.2 Å². The Bertz CT molecular complexity index is 1600. The number of ether oxygens (including phenoxy) is 2. The van der Waals surface area contributed by atoms with Gasteiger partial charge < -0.3 is 40.3 Å². The highest BCUT2D eigenvalue weighted by atomic mass is 16.7. The summed E-state index contributed by atoms with van der Waals surface area (Å²) in [5, 5.41) is 55.2. The van der Waals surface area contributed by atoms with Gasteiger partial charge in [-0.15, -0.1) is 0 Å². The lowest BCUT2D eigenvalue weighted by Crippen LogP contribution is -2.60. The van der Waals surface area contributed by atoms with Crippen molar-refractivity contribution in [1.29, 1.82) is 0 Å². The summed E-state index contributed by atoms with van der Waals surface area (Å²) >= 11 is 0. The second-order valence-electron chi connectivity index (χ2n) is 30.0. The highest BCUT2D eigenvalue weighted by Gasteiger charge is 2.44. The zero-order valence-corrected chi connectivity index (χ0v) is 63.5. The van der Waals surface area contributed by atoms with Gasteiger partial charge in [-0.05, 0) is 51.4 Å². The summed E-state index contributed by atoms with van der Waals surface area (Å²) in [5.74, 6) is -0.133. The molecule has 1 saturated heterocycles. The van der Waals surface area contributed by atoms with E-state index in [-0.39, 0.29) is 12.5 Å². The molecule has 1 aliphatic heterocycles. The van der Waals surface area contributed by atoms with Crippen molar-refractivity contribution in [1.82, 2.24) is 5.32 Å². The Morgan fingerprint density at radius 1 is 0.358 bits per heavy atom. The summed E-state index contributed by atoms with van der Waals surface area (Å²) < 4.78 is 11.4. The molecular formula is C86H165NO8. The van der Waals surface area contributed by atoms with Gasteiger partial charge in [-0.1, -0.05) is 429 Å². The summed E-state index contributed by atoms with van der Waals surface area (Å²) in [7, 11) is 0. The molecule has 6 N–H and O–H groups in total. The van der Waals surface area contributed by atoms with Crippen LogP contribution in [0.5, 0.6) is 0 Å². The summed E-state index contributed by atoms with van der Waals surface area (Å²) in [6.07, 6.45) is 95.7. The molecule has 7 unspecified atom stereocenters. The summed E-state index contributed by atoms with van der Waals surface area (Å²) in [6.45, 7) is 3.90. The molecule has 0 aliphatic carbocycles. The number of carbonyl (C=O) groups excluding carboxylic acids is 1. The highest BCUT2D eigenvalue weighted by Crippen LogP contribution is 2.25. The van der Waals surface area contributed by atoms with Crippen molar-refractivity contribution in [2.24, 2.45) is 0 Å². The van der Waals surface area contributed by atoms with E-state index in [2.05, 4.69) is 55.6 Å². The van der Waals surface area contributed by atoms with Crippen LogP contribution in [0.25, 0.3) is 0 Å². The van der Waals surface area contributed by atoms with E-state index in [0.717, 1.165) is 51.4 Å². The van der Waals surface area contributed by atoms with Crippen molar-refractivity contribution in [3.05, 3.63) is 36.5 Å². The molecule has 9 heteroatoms. The molecular weight excluding hydrogens is 1170 g/mol. The minimum atomic E-state index is -1.55. The molecule has 1 amide bonds. The smallest absolute Gasteiger partial charge is 0.220 e. The van der Waals surface area contributed by atoms with Crippen molar-refractivity contribution in [3.63, 3.8) is 0 Å². The number of aliphatic hydroxyl groups is 5. The SMILES string of the molecule is CCCCCCC/C=C\C/C=C\C/C=C\CCCCCCCCCCCCCCCCCCCCCCCCCCCCC(=O)NC(COC1OC(CO)C(O)C(O)C1O)C(O)CCCCCCCCCCCCCCCCCCCCCCCCCCCCCCCCC. The lowest BCUT2D eigenvalue weighted by molar-refractivity contribution is -0.302. The first-order chi connectivity index (χ1) is 46.8. The molecule has 0 saturated carbocycles. The zero-order valence-electron chi connectivity index (χ0n) is 63.5. The van der Waals surface area contributed by atoms with Crippen LogP contribution in [-0.2, 0) is 14.3 Å². The molecule has 1 aliphatic rings. The van der Waals surface area contributed by atoms with Gasteiger partial charge in [0.1, 0.15) is 24.4 Å². The van der Waals surface area contributed by atoms with Crippen molar-refractivity contribution >= 4 is 5.91 Å². The number of hydrogen-bond acceptors (Lipinski definition) is 8. The third-order valence-electron chi connectivity index (χ3n) is 20.7. The summed E-state index contributed by atoms with van der Waals surface area (Å²) in [6, 6.07) is -0.719. The van der Waals surface area contributed by atoms with Gasteiger partial charge in [0.05, 0.1) is 25.4 Å². The quantitative estimate of drug-likeness (QED) is 0.0261. The average molecular weight is 1340 g/mol. The first kappa shape index (κ1) is 91.4. The maximum Gasteiger partial charge on any atom is 0.220 e.